The highest BCUT2D eigenvalue weighted by Gasteiger charge is 2.25. The maximum Gasteiger partial charge on any atom is 0.173 e. The predicted molar refractivity (Wildman–Crippen MR) is 73.4 cm³/mol. The van der Waals surface area contributed by atoms with Crippen LogP contribution >= 0.6 is 0 Å². The van der Waals surface area contributed by atoms with E-state index in [1.54, 1.807) is 18.3 Å². The molecule has 104 valence electrons. The van der Waals surface area contributed by atoms with Gasteiger partial charge in [0.1, 0.15) is 5.82 Å². The van der Waals surface area contributed by atoms with Crippen LogP contribution in [0, 0.1) is 0 Å². The second-order valence-corrected chi connectivity index (χ2v) is 4.72. The van der Waals surface area contributed by atoms with Crippen molar-refractivity contribution in [3.63, 3.8) is 0 Å². The second kappa shape index (κ2) is 6.38. The Balaban J connectivity index is 2.35. The van der Waals surface area contributed by atoms with Crippen LogP contribution in [0.25, 0.3) is 0 Å². The second-order valence-electron chi connectivity index (χ2n) is 4.72. The molecule has 1 aromatic rings. The van der Waals surface area contributed by atoms with Gasteiger partial charge in [0.25, 0.3) is 0 Å². The number of oxime groups is 1. The number of nitrogens with two attached hydrogens (primary N) is 1. The van der Waals surface area contributed by atoms with E-state index in [4.69, 9.17) is 10.9 Å². The lowest BCUT2D eigenvalue weighted by atomic mass is 10.1. The van der Waals surface area contributed by atoms with E-state index in [0.29, 0.717) is 24.0 Å². The van der Waals surface area contributed by atoms with Crippen LogP contribution < -0.4 is 10.6 Å². The highest BCUT2D eigenvalue weighted by molar-refractivity contribution is 6.01. The van der Waals surface area contributed by atoms with Crippen molar-refractivity contribution in [2.45, 2.75) is 31.7 Å². The molecule has 2 rings (SSSR count). The summed E-state index contributed by atoms with van der Waals surface area (Å²) in [5.74, 6) is 0.725. The molecule has 19 heavy (non-hydrogen) atoms. The third-order valence-corrected chi connectivity index (χ3v) is 3.55. The van der Waals surface area contributed by atoms with Crippen LogP contribution in [0.15, 0.2) is 23.5 Å². The van der Waals surface area contributed by atoms with Crippen LogP contribution in [0.4, 0.5) is 5.82 Å². The van der Waals surface area contributed by atoms with Gasteiger partial charge in [0, 0.05) is 18.8 Å². The zero-order valence-electron chi connectivity index (χ0n) is 10.9. The van der Waals surface area contributed by atoms with Crippen LogP contribution in [0.1, 0.15) is 31.2 Å². The van der Waals surface area contributed by atoms with Gasteiger partial charge in [0.05, 0.1) is 12.2 Å². The summed E-state index contributed by atoms with van der Waals surface area (Å²) in [5.41, 5.74) is 6.30. The van der Waals surface area contributed by atoms with Gasteiger partial charge in [-0.2, -0.15) is 0 Å². The Hall–Kier alpha value is -1.82. The summed E-state index contributed by atoms with van der Waals surface area (Å²) in [6.07, 6.45) is 6.25. The number of aliphatic hydroxyl groups is 1. The number of amidine groups is 1. The third kappa shape index (κ3) is 2.96. The fourth-order valence-corrected chi connectivity index (χ4v) is 2.66. The first-order valence-corrected chi connectivity index (χ1v) is 6.58. The predicted octanol–water partition coefficient (Wildman–Crippen LogP) is 0.917. The molecule has 6 nitrogen and oxygen atoms in total. The van der Waals surface area contributed by atoms with Crippen molar-refractivity contribution in [3.05, 3.63) is 23.9 Å². The van der Waals surface area contributed by atoms with E-state index >= 15 is 0 Å². The number of anilines is 1. The molecule has 1 saturated carbocycles. The van der Waals surface area contributed by atoms with Gasteiger partial charge >= 0.3 is 0 Å². The fourth-order valence-electron chi connectivity index (χ4n) is 2.66. The normalized spacial score (nSPS) is 16.8. The molecule has 0 bridgehead atoms. The van der Waals surface area contributed by atoms with Crippen molar-refractivity contribution in [1.82, 2.24) is 4.98 Å². The highest BCUT2D eigenvalue weighted by Crippen LogP contribution is 2.28. The monoisotopic (exact) mass is 264 g/mol. The van der Waals surface area contributed by atoms with E-state index in [1.807, 2.05) is 0 Å². The Labute approximate surface area is 112 Å². The lowest BCUT2D eigenvalue weighted by Crippen LogP contribution is -2.38. The Bertz CT molecular complexity index is 444. The number of hydrogen-bond acceptors (Lipinski definition) is 5. The average Bonchev–Trinajstić information content (AvgIpc) is 2.98. The number of pyridine rings is 1. The molecule has 4 N–H and O–H groups in total. The molecule has 1 aliphatic rings. The molecule has 1 heterocycles. The zero-order chi connectivity index (χ0) is 13.7. The Morgan fingerprint density at radius 1 is 1.47 bits per heavy atom. The maximum atomic E-state index is 9.26. The summed E-state index contributed by atoms with van der Waals surface area (Å²) in [6, 6.07) is 3.90. The van der Waals surface area contributed by atoms with Crippen LogP contribution in [0.2, 0.25) is 0 Å². The highest BCUT2D eigenvalue weighted by atomic mass is 16.4. The van der Waals surface area contributed by atoms with E-state index in [1.165, 1.54) is 12.8 Å². The minimum atomic E-state index is 0.0454. The van der Waals surface area contributed by atoms with Gasteiger partial charge in [0.15, 0.2) is 5.84 Å². The van der Waals surface area contributed by atoms with Crippen molar-refractivity contribution in [1.29, 1.82) is 0 Å². The van der Waals surface area contributed by atoms with Gasteiger partial charge in [-0.15, -0.1) is 0 Å². The molecule has 1 aliphatic carbocycles. The van der Waals surface area contributed by atoms with Crippen LogP contribution in [-0.4, -0.2) is 40.3 Å². The fraction of sp³-hybridized carbons (Fsp3) is 0.538. The van der Waals surface area contributed by atoms with Crippen molar-refractivity contribution < 1.29 is 10.3 Å². The number of rotatable bonds is 5. The van der Waals surface area contributed by atoms with Crippen molar-refractivity contribution >= 4 is 11.7 Å². The van der Waals surface area contributed by atoms with Crippen molar-refractivity contribution in [3.8, 4) is 0 Å². The van der Waals surface area contributed by atoms with E-state index in [-0.39, 0.29) is 12.4 Å². The zero-order valence-corrected chi connectivity index (χ0v) is 10.9. The molecular formula is C13H20N4O2. The third-order valence-electron chi connectivity index (χ3n) is 3.55. The summed E-state index contributed by atoms with van der Waals surface area (Å²) in [6.45, 7) is 0.566. The standard InChI is InChI=1S/C13H20N4O2/c14-12(16-19)11-6-3-7-15-13(11)17(8-9-18)10-4-1-2-5-10/h3,6-7,10,18-19H,1-2,4-5,8-9H2,(H2,14,16). The summed E-state index contributed by atoms with van der Waals surface area (Å²) < 4.78 is 0. The van der Waals surface area contributed by atoms with E-state index in [0.717, 1.165) is 12.8 Å². The summed E-state index contributed by atoms with van der Waals surface area (Å²) in [4.78, 5) is 6.42. The molecule has 1 fully saturated rings. The Morgan fingerprint density at radius 3 is 2.84 bits per heavy atom. The van der Waals surface area contributed by atoms with E-state index in [2.05, 4.69) is 15.0 Å². The SMILES string of the molecule is NC(=NO)c1cccnc1N(CCO)C1CCCC1. The minimum absolute atomic E-state index is 0.0454. The molecule has 0 spiro atoms. The van der Waals surface area contributed by atoms with Gasteiger partial charge in [0.2, 0.25) is 0 Å². The summed E-state index contributed by atoms with van der Waals surface area (Å²) in [5, 5.41) is 21.2. The largest absolute Gasteiger partial charge is 0.409 e. The van der Waals surface area contributed by atoms with Gasteiger partial charge in [-0.05, 0) is 25.0 Å². The molecule has 0 aromatic carbocycles. The molecule has 0 aliphatic heterocycles. The molecule has 0 atom stereocenters. The quantitative estimate of drug-likeness (QED) is 0.318. The van der Waals surface area contributed by atoms with Crippen molar-refractivity contribution in [2.75, 3.05) is 18.1 Å². The molecule has 0 saturated heterocycles. The lowest BCUT2D eigenvalue weighted by molar-refractivity contribution is 0.296. The summed E-state index contributed by atoms with van der Waals surface area (Å²) in [7, 11) is 0. The number of aliphatic hydroxyl groups excluding tert-OH is 1. The minimum Gasteiger partial charge on any atom is -0.409 e. The Kier molecular flexibility index (Phi) is 4.57. The van der Waals surface area contributed by atoms with Gasteiger partial charge in [-0.3, -0.25) is 0 Å². The van der Waals surface area contributed by atoms with Crippen molar-refractivity contribution in [2.24, 2.45) is 10.9 Å². The molecule has 0 amide bonds. The van der Waals surface area contributed by atoms with Crippen LogP contribution in [0.5, 0.6) is 0 Å². The molecule has 0 unspecified atom stereocenters. The molecule has 0 radical (unpaired) electrons. The summed E-state index contributed by atoms with van der Waals surface area (Å²) >= 11 is 0. The van der Waals surface area contributed by atoms with Gasteiger partial charge < -0.3 is 20.9 Å². The van der Waals surface area contributed by atoms with Crippen LogP contribution in [-0.2, 0) is 0 Å². The maximum absolute atomic E-state index is 9.26. The van der Waals surface area contributed by atoms with Gasteiger partial charge in [-0.25, -0.2) is 4.98 Å². The van der Waals surface area contributed by atoms with E-state index in [9.17, 15) is 5.11 Å². The first-order valence-electron chi connectivity index (χ1n) is 6.58. The number of aromatic nitrogens is 1. The first-order chi connectivity index (χ1) is 9.27. The number of hydrogen-bond donors (Lipinski definition) is 3. The topological polar surface area (TPSA) is 95.0 Å². The molecule has 6 heteroatoms. The smallest absolute Gasteiger partial charge is 0.173 e. The first kappa shape index (κ1) is 13.6. The van der Waals surface area contributed by atoms with E-state index < -0.39 is 0 Å². The van der Waals surface area contributed by atoms with Gasteiger partial charge in [-0.1, -0.05) is 18.0 Å². The lowest BCUT2D eigenvalue weighted by Gasteiger charge is -2.30. The average molecular weight is 264 g/mol. The molecular weight excluding hydrogens is 244 g/mol. The Morgan fingerprint density at radius 2 is 2.21 bits per heavy atom. The molecule has 1 aromatic heterocycles. The number of nitrogens with zero attached hydrogens (tertiary/aromatic N) is 3. The van der Waals surface area contributed by atoms with Crippen LogP contribution in [0.3, 0.4) is 0 Å².